The van der Waals surface area contributed by atoms with Gasteiger partial charge in [0.2, 0.25) is 0 Å². The summed E-state index contributed by atoms with van der Waals surface area (Å²) in [4.78, 5) is 30.0. The number of Topliss-reactive ketones (excluding diaryl/α,β-unsaturated/α-hetero) is 1. The van der Waals surface area contributed by atoms with Crippen LogP contribution in [-0.2, 0) is 25.3 Å². The minimum absolute atomic E-state index is 0.0193. The molecule has 0 bridgehead atoms. The van der Waals surface area contributed by atoms with E-state index < -0.39 is 35.0 Å². The minimum atomic E-state index is -4.54. The number of halogens is 3. The first-order valence-electron chi connectivity index (χ1n) is 7.50. The van der Waals surface area contributed by atoms with Crippen molar-refractivity contribution in [1.29, 1.82) is 0 Å². The quantitative estimate of drug-likeness (QED) is 0.609. The number of hydrogen-bond acceptors (Lipinski definition) is 5. The van der Waals surface area contributed by atoms with Crippen molar-refractivity contribution in [3.05, 3.63) is 35.4 Å². The van der Waals surface area contributed by atoms with Gasteiger partial charge in [-0.15, -0.1) is 0 Å². The fraction of sp³-hybridized carbons (Fsp3) is 0.500. The van der Waals surface area contributed by atoms with E-state index in [1.54, 1.807) is 5.06 Å². The fourth-order valence-electron chi connectivity index (χ4n) is 3.23. The Kier molecular flexibility index (Phi) is 4.13. The number of benzene rings is 1. The Labute approximate surface area is 136 Å². The number of ketones is 1. The molecule has 1 unspecified atom stereocenters. The average molecular weight is 343 g/mol. The van der Waals surface area contributed by atoms with Gasteiger partial charge in [-0.05, 0) is 11.6 Å². The molecule has 1 atom stereocenters. The Hall–Kier alpha value is -1.93. The molecule has 2 saturated heterocycles. The molecule has 0 aromatic heterocycles. The lowest BCUT2D eigenvalue weighted by Gasteiger charge is -2.35. The number of esters is 1. The minimum Gasteiger partial charge on any atom is -0.450 e. The Morgan fingerprint density at radius 1 is 1.25 bits per heavy atom. The molecular formula is C16H16F3NO4. The van der Waals surface area contributed by atoms with Crippen LogP contribution in [0.15, 0.2) is 24.3 Å². The van der Waals surface area contributed by atoms with Crippen molar-refractivity contribution in [2.45, 2.75) is 30.5 Å². The molecule has 0 N–H and O–H groups in total. The van der Waals surface area contributed by atoms with Crippen LogP contribution in [0.1, 0.15) is 29.9 Å². The van der Waals surface area contributed by atoms with Gasteiger partial charge in [-0.3, -0.25) is 9.59 Å². The van der Waals surface area contributed by atoms with Crippen LogP contribution in [0.3, 0.4) is 0 Å². The van der Waals surface area contributed by atoms with Crippen LogP contribution >= 0.6 is 0 Å². The number of nitrogens with zero attached hydrogens (tertiary/aromatic N) is 1. The molecule has 0 aliphatic carbocycles. The maximum Gasteiger partial charge on any atom is 0.416 e. The van der Waals surface area contributed by atoms with E-state index in [9.17, 15) is 22.8 Å². The van der Waals surface area contributed by atoms with Crippen molar-refractivity contribution in [2.75, 3.05) is 20.2 Å². The Morgan fingerprint density at radius 3 is 2.50 bits per heavy atom. The van der Waals surface area contributed by atoms with Gasteiger partial charge in [0.15, 0.2) is 11.4 Å². The molecule has 0 saturated carbocycles. The van der Waals surface area contributed by atoms with Gasteiger partial charge in [-0.25, -0.2) is 0 Å². The van der Waals surface area contributed by atoms with E-state index in [0.717, 1.165) is 12.1 Å². The van der Waals surface area contributed by atoms with Gasteiger partial charge in [0.05, 0.1) is 12.7 Å². The third-order valence-corrected chi connectivity index (χ3v) is 4.58. The van der Waals surface area contributed by atoms with E-state index in [0.29, 0.717) is 13.1 Å². The van der Waals surface area contributed by atoms with Gasteiger partial charge >= 0.3 is 12.1 Å². The van der Waals surface area contributed by atoms with Crippen LogP contribution in [0.2, 0.25) is 0 Å². The predicted molar refractivity (Wildman–Crippen MR) is 75.8 cm³/mol. The summed E-state index contributed by atoms with van der Waals surface area (Å²) < 4.78 is 43.9. The molecule has 0 amide bonds. The zero-order valence-electron chi connectivity index (χ0n) is 12.9. The summed E-state index contributed by atoms with van der Waals surface area (Å²) in [5, 5.41) is 1.64. The molecular weight excluding hydrogens is 327 g/mol. The first-order valence-corrected chi connectivity index (χ1v) is 7.50. The number of hydroxylamine groups is 2. The Balaban J connectivity index is 1.88. The van der Waals surface area contributed by atoms with Crippen LogP contribution in [-0.4, -0.2) is 42.6 Å². The van der Waals surface area contributed by atoms with Gasteiger partial charge in [-0.1, -0.05) is 18.2 Å². The highest BCUT2D eigenvalue weighted by Gasteiger charge is 2.56. The van der Waals surface area contributed by atoms with Gasteiger partial charge in [0, 0.05) is 25.9 Å². The highest BCUT2D eigenvalue weighted by Crippen LogP contribution is 2.41. The van der Waals surface area contributed by atoms with Gasteiger partial charge in [0.1, 0.15) is 5.92 Å². The van der Waals surface area contributed by atoms with E-state index in [1.165, 1.54) is 19.2 Å². The first-order chi connectivity index (χ1) is 11.3. The van der Waals surface area contributed by atoms with Crippen molar-refractivity contribution >= 4 is 11.8 Å². The van der Waals surface area contributed by atoms with Crippen molar-refractivity contribution in [2.24, 2.45) is 0 Å². The van der Waals surface area contributed by atoms with Crippen LogP contribution < -0.4 is 0 Å². The van der Waals surface area contributed by atoms with E-state index in [-0.39, 0.29) is 18.4 Å². The average Bonchev–Trinajstić information content (AvgIpc) is 2.78. The lowest BCUT2D eigenvalue weighted by molar-refractivity contribution is -0.184. The second-order valence-electron chi connectivity index (χ2n) is 5.95. The molecule has 8 heteroatoms. The standard InChI is InChI=1S/C16H16F3NO4/c1-23-20-7-5-15(6-8-20)13(21)12(14(22)24-15)10-3-2-4-11(9-10)16(17,18)19/h2-4,9,12H,5-8H2,1H3. The summed E-state index contributed by atoms with van der Waals surface area (Å²) in [6.07, 6.45) is -4.01. The van der Waals surface area contributed by atoms with Crippen molar-refractivity contribution in [3.8, 4) is 0 Å². The molecule has 2 fully saturated rings. The number of hydrogen-bond donors (Lipinski definition) is 0. The fourth-order valence-corrected chi connectivity index (χ4v) is 3.23. The van der Waals surface area contributed by atoms with Gasteiger partial charge < -0.3 is 9.57 Å². The van der Waals surface area contributed by atoms with Crippen LogP contribution in [0.4, 0.5) is 13.2 Å². The molecule has 3 rings (SSSR count). The topological polar surface area (TPSA) is 55.8 Å². The molecule has 1 aromatic carbocycles. The lowest BCUT2D eigenvalue weighted by Crippen LogP contribution is -2.48. The van der Waals surface area contributed by atoms with E-state index in [4.69, 9.17) is 9.57 Å². The third-order valence-electron chi connectivity index (χ3n) is 4.58. The van der Waals surface area contributed by atoms with Crippen molar-refractivity contribution in [3.63, 3.8) is 0 Å². The summed E-state index contributed by atoms with van der Waals surface area (Å²) in [7, 11) is 1.51. The predicted octanol–water partition coefficient (Wildman–Crippen LogP) is 2.31. The molecule has 5 nitrogen and oxygen atoms in total. The zero-order valence-corrected chi connectivity index (χ0v) is 12.9. The van der Waals surface area contributed by atoms with Crippen LogP contribution in [0.5, 0.6) is 0 Å². The monoisotopic (exact) mass is 343 g/mol. The number of ether oxygens (including phenoxy) is 1. The number of piperidine rings is 1. The molecule has 2 aliphatic rings. The Bertz CT molecular complexity index is 666. The number of rotatable bonds is 2. The lowest BCUT2D eigenvalue weighted by atomic mass is 9.82. The summed E-state index contributed by atoms with van der Waals surface area (Å²) >= 11 is 0. The first kappa shape index (κ1) is 16.9. The van der Waals surface area contributed by atoms with Crippen LogP contribution in [0.25, 0.3) is 0 Å². The van der Waals surface area contributed by atoms with E-state index >= 15 is 0 Å². The summed E-state index contributed by atoms with van der Waals surface area (Å²) in [6.45, 7) is 0.815. The van der Waals surface area contributed by atoms with Crippen LogP contribution in [0, 0.1) is 0 Å². The highest BCUT2D eigenvalue weighted by atomic mass is 19.4. The van der Waals surface area contributed by atoms with E-state index in [2.05, 4.69) is 0 Å². The summed E-state index contributed by atoms with van der Waals surface area (Å²) in [6, 6.07) is 4.29. The number of alkyl halides is 3. The molecule has 130 valence electrons. The maximum atomic E-state index is 12.9. The molecule has 2 aliphatic heterocycles. The highest BCUT2D eigenvalue weighted by molar-refractivity contribution is 6.13. The molecule has 1 aromatic rings. The third kappa shape index (κ3) is 2.80. The molecule has 24 heavy (non-hydrogen) atoms. The second kappa shape index (κ2) is 5.86. The molecule has 1 spiro atoms. The number of carbonyl (C=O) groups is 2. The largest absolute Gasteiger partial charge is 0.450 e. The normalized spacial score (nSPS) is 24.4. The smallest absolute Gasteiger partial charge is 0.416 e. The van der Waals surface area contributed by atoms with Gasteiger partial charge in [0.25, 0.3) is 0 Å². The van der Waals surface area contributed by atoms with Crippen molar-refractivity contribution < 1.29 is 32.3 Å². The molecule has 2 heterocycles. The van der Waals surface area contributed by atoms with Crippen molar-refractivity contribution in [1.82, 2.24) is 5.06 Å². The SMILES string of the molecule is CON1CCC2(CC1)OC(=O)C(c1cccc(C(F)(F)F)c1)C2=O. The summed E-state index contributed by atoms with van der Waals surface area (Å²) in [5.41, 5.74) is -2.13. The Morgan fingerprint density at radius 2 is 1.92 bits per heavy atom. The zero-order chi connectivity index (χ0) is 17.5. The van der Waals surface area contributed by atoms with E-state index in [1.807, 2.05) is 0 Å². The van der Waals surface area contributed by atoms with Gasteiger partial charge in [-0.2, -0.15) is 18.2 Å². The summed E-state index contributed by atoms with van der Waals surface area (Å²) in [5.74, 6) is -2.56. The maximum absolute atomic E-state index is 12.9. The second-order valence-corrected chi connectivity index (χ2v) is 5.95. The number of carbonyl (C=O) groups excluding carboxylic acids is 2. The molecule has 0 radical (unpaired) electrons.